The molecule has 1 heterocycles. The fourth-order valence-electron chi connectivity index (χ4n) is 2.96. The summed E-state index contributed by atoms with van der Waals surface area (Å²) in [7, 11) is 0. The molecule has 0 saturated carbocycles. The van der Waals surface area contributed by atoms with Gasteiger partial charge in [-0.25, -0.2) is 0 Å². The van der Waals surface area contributed by atoms with E-state index < -0.39 is 11.4 Å². The molecule has 0 atom stereocenters. The van der Waals surface area contributed by atoms with E-state index in [9.17, 15) is 14.7 Å². The zero-order valence-electron chi connectivity index (χ0n) is 12.5. The molecule has 1 saturated heterocycles. The van der Waals surface area contributed by atoms with Gasteiger partial charge < -0.3 is 10.0 Å². The quantitative estimate of drug-likeness (QED) is 0.906. The first-order valence-electron chi connectivity index (χ1n) is 7.62. The molecule has 0 aliphatic carbocycles. The summed E-state index contributed by atoms with van der Waals surface area (Å²) in [5.74, 6) is -0.588. The average Bonchev–Trinajstić information content (AvgIpc) is 2.53. The van der Waals surface area contributed by atoms with Gasteiger partial charge in [-0.15, -0.1) is 0 Å². The van der Waals surface area contributed by atoms with Crippen LogP contribution in [0.2, 0.25) is 0 Å². The number of carboxylic acid groups (broad SMARTS) is 1. The molecule has 0 aromatic heterocycles. The number of carbonyl (C=O) groups excluding carboxylic acids is 1. The number of hydrogen-bond acceptors (Lipinski definition) is 2. The Hall–Kier alpha value is -1.84. The first kappa shape index (κ1) is 15.5. The zero-order chi connectivity index (χ0) is 15.3. The minimum absolute atomic E-state index is 0.133. The Bertz CT molecular complexity index is 490. The fraction of sp³-hybridized carbons (Fsp3) is 0.529. The summed E-state index contributed by atoms with van der Waals surface area (Å²) in [6.07, 6.45) is 3.00. The molecule has 2 rings (SSSR count). The van der Waals surface area contributed by atoms with Crippen LogP contribution < -0.4 is 0 Å². The molecule has 1 N–H and O–H groups in total. The van der Waals surface area contributed by atoms with Crippen LogP contribution in [0, 0.1) is 5.41 Å². The minimum atomic E-state index is -0.721. The molecule has 1 aliphatic heterocycles. The Balaban J connectivity index is 1.84. The predicted octanol–water partition coefficient (Wildman–Crippen LogP) is 2.72. The molecular formula is C17H23NO3. The van der Waals surface area contributed by atoms with Gasteiger partial charge >= 0.3 is 5.97 Å². The van der Waals surface area contributed by atoms with Crippen LogP contribution in [-0.2, 0) is 16.0 Å². The Labute approximate surface area is 125 Å². The number of benzene rings is 1. The maximum absolute atomic E-state index is 12.2. The van der Waals surface area contributed by atoms with Gasteiger partial charge in [-0.1, -0.05) is 37.3 Å². The lowest BCUT2D eigenvalue weighted by atomic mass is 9.76. The zero-order valence-corrected chi connectivity index (χ0v) is 12.5. The predicted molar refractivity (Wildman–Crippen MR) is 80.9 cm³/mol. The maximum atomic E-state index is 12.2. The number of likely N-dealkylation sites (tertiary alicyclic amines) is 1. The average molecular weight is 289 g/mol. The molecule has 4 nitrogen and oxygen atoms in total. The second-order valence-corrected chi connectivity index (χ2v) is 5.81. The molecule has 1 amide bonds. The van der Waals surface area contributed by atoms with Crippen molar-refractivity contribution in [2.24, 2.45) is 5.41 Å². The van der Waals surface area contributed by atoms with Gasteiger partial charge in [-0.2, -0.15) is 0 Å². The molecule has 1 aromatic rings. The van der Waals surface area contributed by atoms with Crippen molar-refractivity contribution in [3.8, 4) is 0 Å². The summed E-state index contributed by atoms with van der Waals surface area (Å²) in [5.41, 5.74) is 0.534. The summed E-state index contributed by atoms with van der Waals surface area (Å²) in [5, 5.41) is 9.36. The third-order valence-corrected chi connectivity index (χ3v) is 4.67. The summed E-state index contributed by atoms with van der Waals surface area (Å²) >= 11 is 0. The van der Waals surface area contributed by atoms with Crippen molar-refractivity contribution in [2.45, 2.75) is 39.0 Å². The SMILES string of the molecule is CCC1(C(=O)O)CCN(C(=O)CCc2ccccc2)CC1. The normalized spacial score (nSPS) is 17.5. The van der Waals surface area contributed by atoms with Gasteiger partial charge in [0.2, 0.25) is 5.91 Å². The van der Waals surface area contributed by atoms with E-state index in [1.54, 1.807) is 0 Å². The Morgan fingerprint density at radius 3 is 2.33 bits per heavy atom. The summed E-state index contributed by atoms with van der Waals surface area (Å²) in [6, 6.07) is 9.96. The number of aliphatic carboxylic acids is 1. The Morgan fingerprint density at radius 1 is 1.19 bits per heavy atom. The van der Waals surface area contributed by atoms with Crippen molar-refractivity contribution in [3.63, 3.8) is 0 Å². The van der Waals surface area contributed by atoms with Gasteiger partial charge in [0.15, 0.2) is 0 Å². The van der Waals surface area contributed by atoms with Crippen LogP contribution in [-0.4, -0.2) is 35.0 Å². The lowest BCUT2D eigenvalue weighted by molar-refractivity contribution is -0.154. The number of carboxylic acids is 1. The highest BCUT2D eigenvalue weighted by molar-refractivity contribution is 5.78. The molecule has 1 aromatic carbocycles. The lowest BCUT2D eigenvalue weighted by Crippen LogP contribution is -2.46. The highest BCUT2D eigenvalue weighted by Crippen LogP contribution is 2.35. The van der Waals surface area contributed by atoms with Crippen molar-refractivity contribution in [1.82, 2.24) is 4.90 Å². The van der Waals surface area contributed by atoms with Gasteiger partial charge in [0.05, 0.1) is 5.41 Å². The smallest absolute Gasteiger partial charge is 0.309 e. The van der Waals surface area contributed by atoms with E-state index in [4.69, 9.17) is 0 Å². The van der Waals surface area contributed by atoms with Crippen molar-refractivity contribution < 1.29 is 14.7 Å². The molecule has 4 heteroatoms. The number of hydrogen-bond donors (Lipinski definition) is 1. The van der Waals surface area contributed by atoms with Crippen LogP contribution in [0.25, 0.3) is 0 Å². The molecule has 1 fully saturated rings. The van der Waals surface area contributed by atoms with Crippen molar-refractivity contribution in [2.75, 3.05) is 13.1 Å². The standard InChI is InChI=1S/C17H23NO3/c1-2-17(16(20)21)10-12-18(13-11-17)15(19)9-8-14-6-4-3-5-7-14/h3-7H,2,8-13H2,1H3,(H,20,21). The van der Waals surface area contributed by atoms with Crippen LogP contribution in [0.4, 0.5) is 0 Å². The topological polar surface area (TPSA) is 57.6 Å². The Kier molecular flexibility index (Phi) is 4.99. The van der Waals surface area contributed by atoms with Crippen molar-refractivity contribution in [1.29, 1.82) is 0 Å². The van der Waals surface area contributed by atoms with Gasteiger partial charge in [0, 0.05) is 19.5 Å². The second-order valence-electron chi connectivity index (χ2n) is 5.81. The van der Waals surface area contributed by atoms with Crippen LogP contribution in [0.15, 0.2) is 30.3 Å². The fourth-order valence-corrected chi connectivity index (χ4v) is 2.96. The highest BCUT2D eigenvalue weighted by atomic mass is 16.4. The van der Waals surface area contributed by atoms with E-state index in [1.165, 1.54) is 0 Å². The van der Waals surface area contributed by atoms with Crippen molar-refractivity contribution in [3.05, 3.63) is 35.9 Å². The largest absolute Gasteiger partial charge is 0.481 e. The third kappa shape index (κ3) is 3.63. The van der Waals surface area contributed by atoms with E-state index in [1.807, 2.05) is 42.2 Å². The summed E-state index contributed by atoms with van der Waals surface area (Å²) in [6.45, 7) is 3.04. The molecule has 0 spiro atoms. The van der Waals surface area contributed by atoms with Crippen LogP contribution >= 0.6 is 0 Å². The molecule has 0 bridgehead atoms. The highest BCUT2D eigenvalue weighted by Gasteiger charge is 2.40. The van der Waals surface area contributed by atoms with Crippen LogP contribution in [0.3, 0.4) is 0 Å². The molecule has 0 radical (unpaired) electrons. The minimum Gasteiger partial charge on any atom is -0.481 e. The second kappa shape index (κ2) is 6.74. The number of amides is 1. The molecule has 21 heavy (non-hydrogen) atoms. The van der Waals surface area contributed by atoms with Gasteiger partial charge in [-0.05, 0) is 31.2 Å². The monoisotopic (exact) mass is 289 g/mol. The van der Waals surface area contributed by atoms with E-state index in [-0.39, 0.29) is 5.91 Å². The van der Waals surface area contributed by atoms with Crippen molar-refractivity contribution >= 4 is 11.9 Å². The molecule has 1 aliphatic rings. The van der Waals surface area contributed by atoms with Gasteiger partial charge in [0.1, 0.15) is 0 Å². The van der Waals surface area contributed by atoms with E-state index in [2.05, 4.69) is 0 Å². The lowest BCUT2D eigenvalue weighted by Gasteiger charge is -2.38. The Morgan fingerprint density at radius 2 is 1.81 bits per heavy atom. The molecular weight excluding hydrogens is 266 g/mol. The molecule has 114 valence electrons. The van der Waals surface area contributed by atoms with Crippen LogP contribution in [0.1, 0.15) is 38.2 Å². The van der Waals surface area contributed by atoms with Crippen LogP contribution in [0.5, 0.6) is 0 Å². The maximum Gasteiger partial charge on any atom is 0.309 e. The van der Waals surface area contributed by atoms with E-state index in [0.29, 0.717) is 38.8 Å². The van der Waals surface area contributed by atoms with Gasteiger partial charge in [0.25, 0.3) is 0 Å². The third-order valence-electron chi connectivity index (χ3n) is 4.67. The van der Waals surface area contributed by atoms with Gasteiger partial charge in [-0.3, -0.25) is 9.59 Å². The molecule has 0 unspecified atom stereocenters. The number of rotatable bonds is 5. The van der Waals surface area contributed by atoms with E-state index >= 15 is 0 Å². The summed E-state index contributed by atoms with van der Waals surface area (Å²) < 4.78 is 0. The number of carbonyl (C=O) groups is 2. The number of piperidine rings is 1. The summed E-state index contributed by atoms with van der Waals surface area (Å²) in [4.78, 5) is 25.4. The first-order chi connectivity index (χ1) is 10.1. The van der Waals surface area contributed by atoms with E-state index in [0.717, 1.165) is 12.0 Å². The number of aryl methyl sites for hydroxylation is 1. The number of nitrogens with zero attached hydrogens (tertiary/aromatic N) is 1. The first-order valence-corrected chi connectivity index (χ1v) is 7.62.